The maximum atomic E-state index is 5.51. The van der Waals surface area contributed by atoms with Crippen molar-refractivity contribution >= 4 is 11.5 Å². The third kappa shape index (κ3) is 2.75. The second-order valence-electron chi connectivity index (χ2n) is 3.89. The maximum absolute atomic E-state index is 5.51. The van der Waals surface area contributed by atoms with Crippen LogP contribution in [0.4, 0.5) is 11.5 Å². The minimum atomic E-state index is 0.320. The molecule has 18 heavy (non-hydrogen) atoms. The van der Waals surface area contributed by atoms with Crippen LogP contribution in [0.2, 0.25) is 0 Å². The predicted molar refractivity (Wildman–Crippen MR) is 70.9 cm³/mol. The van der Waals surface area contributed by atoms with Crippen LogP contribution in [0, 0.1) is 6.92 Å². The molecule has 0 saturated carbocycles. The first-order valence-corrected chi connectivity index (χ1v) is 5.66. The Hall–Kier alpha value is -2.14. The van der Waals surface area contributed by atoms with Crippen molar-refractivity contribution in [3.8, 4) is 5.75 Å². The zero-order chi connectivity index (χ0) is 13.0. The van der Waals surface area contributed by atoms with Crippen LogP contribution in [0.3, 0.4) is 0 Å². The van der Waals surface area contributed by atoms with Gasteiger partial charge in [-0.15, -0.1) is 0 Å². The van der Waals surface area contributed by atoms with E-state index in [1.165, 1.54) is 0 Å². The zero-order valence-corrected chi connectivity index (χ0v) is 10.5. The molecule has 1 aromatic carbocycles. The number of rotatable bonds is 4. The van der Waals surface area contributed by atoms with Crippen molar-refractivity contribution in [2.75, 3.05) is 12.4 Å². The molecule has 0 fully saturated rings. The fourth-order valence-corrected chi connectivity index (χ4v) is 1.62. The van der Waals surface area contributed by atoms with Crippen LogP contribution in [-0.2, 0) is 6.54 Å². The van der Waals surface area contributed by atoms with Crippen molar-refractivity contribution in [3.05, 3.63) is 41.9 Å². The molecule has 0 atom stereocenters. The lowest BCUT2D eigenvalue weighted by atomic mass is 10.2. The fourth-order valence-electron chi connectivity index (χ4n) is 1.62. The van der Waals surface area contributed by atoms with E-state index in [4.69, 9.17) is 10.5 Å². The topological polar surface area (TPSA) is 73.1 Å². The van der Waals surface area contributed by atoms with Crippen LogP contribution in [0.25, 0.3) is 0 Å². The second kappa shape index (κ2) is 5.46. The summed E-state index contributed by atoms with van der Waals surface area (Å²) in [6.45, 7) is 2.34. The van der Waals surface area contributed by atoms with Crippen LogP contribution in [0.15, 0.2) is 30.5 Å². The van der Waals surface area contributed by atoms with Gasteiger partial charge in [-0.1, -0.05) is 6.07 Å². The summed E-state index contributed by atoms with van der Waals surface area (Å²) >= 11 is 0. The molecule has 0 bridgehead atoms. The average molecular weight is 244 g/mol. The Morgan fingerprint density at radius 3 is 2.89 bits per heavy atom. The fraction of sp³-hybridized carbons (Fsp3) is 0.231. The molecule has 2 rings (SSSR count). The summed E-state index contributed by atoms with van der Waals surface area (Å²) in [5.74, 6) is 2.08. The zero-order valence-electron chi connectivity index (χ0n) is 10.5. The van der Waals surface area contributed by atoms with Gasteiger partial charge in [-0.3, -0.25) is 0 Å². The number of aromatic nitrogens is 2. The number of methoxy groups -OCH3 is 1. The summed E-state index contributed by atoms with van der Waals surface area (Å²) in [6, 6.07) is 7.71. The summed E-state index contributed by atoms with van der Waals surface area (Å²) < 4.78 is 5.30. The Morgan fingerprint density at radius 2 is 2.17 bits per heavy atom. The quantitative estimate of drug-likeness (QED) is 0.860. The first-order chi connectivity index (χ1) is 8.72. The average Bonchev–Trinajstić information content (AvgIpc) is 2.39. The van der Waals surface area contributed by atoms with Crippen molar-refractivity contribution in [2.45, 2.75) is 13.5 Å². The first kappa shape index (κ1) is 12.3. The molecule has 0 aliphatic rings. The molecule has 3 N–H and O–H groups in total. The number of nitrogens with zero attached hydrogens (tertiary/aromatic N) is 2. The Labute approximate surface area is 106 Å². The van der Waals surface area contributed by atoms with Gasteiger partial charge in [0.1, 0.15) is 17.4 Å². The molecule has 1 heterocycles. The van der Waals surface area contributed by atoms with E-state index in [9.17, 15) is 0 Å². The van der Waals surface area contributed by atoms with E-state index in [0.717, 1.165) is 17.0 Å². The molecule has 1 aromatic heterocycles. The summed E-state index contributed by atoms with van der Waals surface area (Å²) in [5, 5.41) is 3.21. The van der Waals surface area contributed by atoms with Gasteiger partial charge in [-0.2, -0.15) is 0 Å². The van der Waals surface area contributed by atoms with Crippen LogP contribution < -0.4 is 15.8 Å². The maximum Gasteiger partial charge on any atom is 0.144 e. The van der Waals surface area contributed by atoms with Gasteiger partial charge in [-0.25, -0.2) is 9.97 Å². The Morgan fingerprint density at radius 1 is 1.33 bits per heavy atom. The number of ether oxygens (including phenoxy) is 1. The Bertz CT molecular complexity index is 542. The van der Waals surface area contributed by atoms with E-state index in [2.05, 4.69) is 15.3 Å². The number of nitrogens with two attached hydrogens (primary N) is 1. The summed E-state index contributed by atoms with van der Waals surface area (Å²) in [7, 11) is 1.64. The molecule has 2 aromatic rings. The summed E-state index contributed by atoms with van der Waals surface area (Å²) in [5.41, 5.74) is 7.53. The lowest BCUT2D eigenvalue weighted by molar-refractivity contribution is 0.416. The third-order valence-corrected chi connectivity index (χ3v) is 2.51. The van der Waals surface area contributed by atoms with Crippen molar-refractivity contribution in [1.82, 2.24) is 9.97 Å². The van der Waals surface area contributed by atoms with E-state index in [0.29, 0.717) is 18.2 Å². The van der Waals surface area contributed by atoms with Crippen LogP contribution in [-0.4, -0.2) is 17.1 Å². The SMILES string of the molecule is COc1ccc(C)cc1Nc1ccnc(CN)n1. The van der Waals surface area contributed by atoms with E-state index >= 15 is 0 Å². The van der Waals surface area contributed by atoms with Gasteiger partial charge in [-0.05, 0) is 30.7 Å². The molecule has 0 aliphatic heterocycles. The number of nitrogens with one attached hydrogen (secondary N) is 1. The summed E-state index contributed by atoms with van der Waals surface area (Å²) in [4.78, 5) is 8.34. The highest BCUT2D eigenvalue weighted by molar-refractivity contribution is 5.64. The van der Waals surface area contributed by atoms with E-state index in [1.807, 2.05) is 25.1 Å². The molecule has 0 aliphatic carbocycles. The minimum Gasteiger partial charge on any atom is -0.495 e. The van der Waals surface area contributed by atoms with Gasteiger partial charge in [0, 0.05) is 6.20 Å². The van der Waals surface area contributed by atoms with Crippen LogP contribution in [0.5, 0.6) is 5.75 Å². The van der Waals surface area contributed by atoms with Gasteiger partial charge in [0.05, 0.1) is 19.3 Å². The molecule has 0 amide bonds. The van der Waals surface area contributed by atoms with E-state index in [-0.39, 0.29) is 0 Å². The lowest BCUT2D eigenvalue weighted by Crippen LogP contribution is -2.05. The van der Waals surface area contributed by atoms with Crippen molar-refractivity contribution in [2.24, 2.45) is 5.73 Å². The molecular weight excluding hydrogens is 228 g/mol. The van der Waals surface area contributed by atoms with Gasteiger partial charge >= 0.3 is 0 Å². The van der Waals surface area contributed by atoms with Gasteiger partial charge in [0.15, 0.2) is 0 Å². The standard InChI is InChI=1S/C13H16N4O/c1-9-3-4-11(18-2)10(7-9)16-12-5-6-15-13(8-14)17-12/h3-7H,8,14H2,1-2H3,(H,15,16,17). The molecule has 5 heteroatoms. The lowest BCUT2D eigenvalue weighted by Gasteiger charge is -2.11. The number of benzene rings is 1. The van der Waals surface area contributed by atoms with E-state index in [1.54, 1.807) is 19.4 Å². The smallest absolute Gasteiger partial charge is 0.144 e. The van der Waals surface area contributed by atoms with Crippen molar-refractivity contribution < 1.29 is 4.74 Å². The highest BCUT2D eigenvalue weighted by Gasteiger charge is 2.05. The number of hydrogen-bond donors (Lipinski definition) is 2. The molecule has 94 valence electrons. The minimum absolute atomic E-state index is 0.320. The van der Waals surface area contributed by atoms with Gasteiger partial charge < -0.3 is 15.8 Å². The monoisotopic (exact) mass is 244 g/mol. The van der Waals surface area contributed by atoms with Crippen molar-refractivity contribution in [3.63, 3.8) is 0 Å². The van der Waals surface area contributed by atoms with Gasteiger partial charge in [0.25, 0.3) is 0 Å². The molecule has 0 unspecified atom stereocenters. The largest absolute Gasteiger partial charge is 0.495 e. The predicted octanol–water partition coefficient (Wildman–Crippen LogP) is 2.00. The number of anilines is 2. The highest BCUT2D eigenvalue weighted by atomic mass is 16.5. The van der Waals surface area contributed by atoms with Crippen LogP contribution >= 0.6 is 0 Å². The van der Waals surface area contributed by atoms with Crippen molar-refractivity contribution in [1.29, 1.82) is 0 Å². The Balaban J connectivity index is 2.29. The number of aryl methyl sites for hydroxylation is 1. The second-order valence-corrected chi connectivity index (χ2v) is 3.89. The van der Waals surface area contributed by atoms with Crippen LogP contribution in [0.1, 0.15) is 11.4 Å². The molecule has 0 radical (unpaired) electrons. The number of hydrogen-bond acceptors (Lipinski definition) is 5. The first-order valence-electron chi connectivity index (χ1n) is 5.66. The normalized spacial score (nSPS) is 10.2. The molecular formula is C13H16N4O. The molecule has 0 spiro atoms. The third-order valence-electron chi connectivity index (χ3n) is 2.51. The Kier molecular flexibility index (Phi) is 3.74. The molecule has 5 nitrogen and oxygen atoms in total. The summed E-state index contributed by atoms with van der Waals surface area (Å²) in [6.07, 6.45) is 1.68. The van der Waals surface area contributed by atoms with E-state index < -0.39 is 0 Å². The molecule has 0 saturated heterocycles. The van der Waals surface area contributed by atoms with Gasteiger partial charge in [0.2, 0.25) is 0 Å². The highest BCUT2D eigenvalue weighted by Crippen LogP contribution is 2.27.